The Morgan fingerprint density at radius 2 is 1.94 bits per heavy atom. The third kappa shape index (κ3) is 2.70. The first-order valence-corrected chi connectivity index (χ1v) is 7.22. The third-order valence-electron chi connectivity index (χ3n) is 3.26. The van der Waals surface area contributed by atoms with Crippen molar-refractivity contribution < 1.29 is 8.42 Å². The minimum atomic E-state index is -3.53. The van der Waals surface area contributed by atoms with Crippen molar-refractivity contribution in [3.8, 4) is 6.07 Å². The lowest BCUT2D eigenvalue weighted by Gasteiger charge is -2.37. The van der Waals surface area contributed by atoms with Crippen LogP contribution in [-0.2, 0) is 10.0 Å². The molecule has 1 aliphatic carbocycles. The maximum Gasteiger partial charge on any atom is 0.240 e. The highest BCUT2D eigenvalue weighted by Crippen LogP contribution is 2.28. The summed E-state index contributed by atoms with van der Waals surface area (Å²) in [4.78, 5) is 0.157. The number of hydrogen-bond acceptors (Lipinski definition) is 4. The van der Waals surface area contributed by atoms with Crippen LogP contribution in [0.5, 0.6) is 0 Å². The zero-order valence-electron chi connectivity index (χ0n) is 9.89. The van der Waals surface area contributed by atoms with E-state index in [4.69, 9.17) is 11.0 Å². The maximum absolute atomic E-state index is 12.0. The van der Waals surface area contributed by atoms with Crippen LogP contribution < -0.4 is 10.5 Å². The predicted molar refractivity (Wildman–Crippen MR) is 67.1 cm³/mol. The molecule has 0 aromatic heterocycles. The zero-order chi connectivity index (χ0) is 13.2. The van der Waals surface area contributed by atoms with Crippen molar-refractivity contribution in [3.63, 3.8) is 0 Å². The lowest BCUT2D eigenvalue weighted by molar-refractivity contribution is 0.251. The van der Waals surface area contributed by atoms with Crippen molar-refractivity contribution >= 4 is 10.0 Å². The average Bonchev–Trinajstić information content (AvgIpc) is 2.34. The molecule has 0 radical (unpaired) electrons. The Morgan fingerprint density at radius 1 is 1.33 bits per heavy atom. The summed E-state index contributed by atoms with van der Waals surface area (Å²) in [5.74, 6) is 0. The lowest BCUT2D eigenvalue weighted by Crippen LogP contribution is -2.54. The van der Waals surface area contributed by atoms with Gasteiger partial charge in [0.1, 0.15) is 0 Å². The molecule has 1 fully saturated rings. The summed E-state index contributed by atoms with van der Waals surface area (Å²) in [7, 11) is -3.53. The highest BCUT2D eigenvalue weighted by molar-refractivity contribution is 7.89. The Morgan fingerprint density at radius 3 is 2.39 bits per heavy atom. The molecule has 3 N–H and O–H groups in total. The summed E-state index contributed by atoms with van der Waals surface area (Å²) in [6.07, 6.45) is 2.75. The molecule has 1 aliphatic rings. The standard InChI is InChI=1S/C12H15N3O2S/c13-8-10-2-4-11(5-3-10)18(16,17)15-9-12(14)6-1-7-12/h2-5,15H,1,6-7,9,14H2. The van der Waals surface area contributed by atoms with E-state index in [9.17, 15) is 8.42 Å². The first kappa shape index (κ1) is 13.0. The summed E-state index contributed by atoms with van der Waals surface area (Å²) in [5, 5.41) is 8.65. The molecular weight excluding hydrogens is 250 g/mol. The first-order valence-electron chi connectivity index (χ1n) is 5.74. The summed E-state index contributed by atoms with van der Waals surface area (Å²) in [5.41, 5.74) is 6.01. The summed E-state index contributed by atoms with van der Waals surface area (Å²) in [6.45, 7) is 0.259. The number of sulfonamides is 1. The topological polar surface area (TPSA) is 96.0 Å². The molecule has 1 aromatic carbocycles. The van der Waals surface area contributed by atoms with Gasteiger partial charge in [0.15, 0.2) is 0 Å². The van der Waals surface area contributed by atoms with Gasteiger partial charge in [-0.3, -0.25) is 0 Å². The molecule has 0 atom stereocenters. The van der Waals surface area contributed by atoms with Crippen LogP contribution in [0, 0.1) is 11.3 Å². The number of nitrogens with one attached hydrogen (secondary N) is 1. The normalized spacial score (nSPS) is 17.8. The second-order valence-corrected chi connectivity index (χ2v) is 6.44. The van der Waals surface area contributed by atoms with Crippen molar-refractivity contribution in [3.05, 3.63) is 29.8 Å². The Balaban J connectivity index is 2.08. The van der Waals surface area contributed by atoms with Gasteiger partial charge in [-0.05, 0) is 43.5 Å². The van der Waals surface area contributed by atoms with Gasteiger partial charge in [0.05, 0.1) is 16.5 Å². The van der Waals surface area contributed by atoms with Gasteiger partial charge in [-0.25, -0.2) is 13.1 Å². The van der Waals surface area contributed by atoms with E-state index in [2.05, 4.69) is 4.72 Å². The lowest BCUT2D eigenvalue weighted by atomic mass is 9.78. The van der Waals surface area contributed by atoms with Crippen LogP contribution in [-0.4, -0.2) is 20.5 Å². The molecule has 0 unspecified atom stereocenters. The molecule has 6 heteroatoms. The van der Waals surface area contributed by atoms with Gasteiger partial charge in [-0.2, -0.15) is 5.26 Å². The summed E-state index contributed by atoms with van der Waals surface area (Å²) < 4.78 is 26.5. The van der Waals surface area contributed by atoms with Crippen molar-refractivity contribution in [2.75, 3.05) is 6.54 Å². The molecule has 18 heavy (non-hydrogen) atoms. The molecule has 96 valence electrons. The van der Waals surface area contributed by atoms with Crippen LogP contribution in [0.15, 0.2) is 29.2 Å². The van der Waals surface area contributed by atoms with E-state index in [-0.39, 0.29) is 17.0 Å². The van der Waals surface area contributed by atoms with Crippen LogP contribution in [0.3, 0.4) is 0 Å². The molecule has 0 heterocycles. The van der Waals surface area contributed by atoms with Gasteiger partial charge >= 0.3 is 0 Å². The van der Waals surface area contributed by atoms with Crippen LogP contribution in [0.1, 0.15) is 24.8 Å². The second kappa shape index (κ2) is 4.69. The van der Waals surface area contributed by atoms with Crippen LogP contribution in [0.25, 0.3) is 0 Å². The summed E-state index contributed by atoms with van der Waals surface area (Å²) in [6, 6.07) is 7.75. The Bertz CT molecular complexity index is 568. The maximum atomic E-state index is 12.0. The molecule has 0 bridgehead atoms. The fourth-order valence-electron chi connectivity index (χ4n) is 1.84. The molecule has 1 saturated carbocycles. The number of hydrogen-bond donors (Lipinski definition) is 2. The Labute approximate surface area is 107 Å². The molecule has 5 nitrogen and oxygen atoms in total. The molecule has 0 amide bonds. The third-order valence-corrected chi connectivity index (χ3v) is 4.67. The highest BCUT2D eigenvalue weighted by Gasteiger charge is 2.33. The number of nitriles is 1. The van der Waals surface area contributed by atoms with Crippen molar-refractivity contribution in [2.45, 2.75) is 29.7 Å². The minimum Gasteiger partial charge on any atom is -0.324 e. The number of benzene rings is 1. The molecule has 0 aliphatic heterocycles. The average molecular weight is 265 g/mol. The summed E-state index contributed by atoms with van der Waals surface area (Å²) >= 11 is 0. The largest absolute Gasteiger partial charge is 0.324 e. The molecular formula is C12H15N3O2S. The van der Waals surface area contributed by atoms with Gasteiger partial charge in [0.2, 0.25) is 10.0 Å². The van der Waals surface area contributed by atoms with Gasteiger partial charge in [0.25, 0.3) is 0 Å². The Hall–Kier alpha value is -1.42. The van der Waals surface area contributed by atoms with Gasteiger partial charge < -0.3 is 5.73 Å². The van der Waals surface area contributed by atoms with E-state index in [0.29, 0.717) is 5.56 Å². The molecule has 1 aromatic rings. The van der Waals surface area contributed by atoms with Gasteiger partial charge in [-0.15, -0.1) is 0 Å². The smallest absolute Gasteiger partial charge is 0.240 e. The van der Waals surface area contributed by atoms with E-state index in [1.54, 1.807) is 0 Å². The zero-order valence-corrected chi connectivity index (χ0v) is 10.7. The highest BCUT2D eigenvalue weighted by atomic mass is 32.2. The monoisotopic (exact) mass is 265 g/mol. The minimum absolute atomic E-state index is 0.157. The van der Waals surface area contributed by atoms with Crippen LogP contribution in [0.2, 0.25) is 0 Å². The van der Waals surface area contributed by atoms with Crippen molar-refractivity contribution in [1.82, 2.24) is 4.72 Å². The van der Waals surface area contributed by atoms with E-state index in [0.717, 1.165) is 19.3 Å². The number of rotatable bonds is 4. The van der Waals surface area contributed by atoms with Crippen molar-refractivity contribution in [1.29, 1.82) is 5.26 Å². The molecule has 0 spiro atoms. The predicted octanol–water partition coefficient (Wildman–Crippen LogP) is 0.718. The van der Waals surface area contributed by atoms with E-state index < -0.39 is 10.0 Å². The van der Waals surface area contributed by atoms with Gasteiger partial charge in [0, 0.05) is 12.1 Å². The molecule has 2 rings (SSSR count). The van der Waals surface area contributed by atoms with Crippen LogP contribution in [0.4, 0.5) is 0 Å². The van der Waals surface area contributed by atoms with Gasteiger partial charge in [-0.1, -0.05) is 0 Å². The molecule has 0 saturated heterocycles. The fourth-order valence-corrected chi connectivity index (χ4v) is 2.98. The second-order valence-electron chi connectivity index (χ2n) is 4.68. The van der Waals surface area contributed by atoms with Crippen molar-refractivity contribution in [2.24, 2.45) is 5.73 Å². The fraction of sp³-hybridized carbons (Fsp3) is 0.417. The Kier molecular flexibility index (Phi) is 3.39. The quantitative estimate of drug-likeness (QED) is 0.838. The van der Waals surface area contributed by atoms with E-state index in [1.807, 2.05) is 6.07 Å². The van der Waals surface area contributed by atoms with E-state index >= 15 is 0 Å². The first-order chi connectivity index (χ1) is 8.45. The van der Waals surface area contributed by atoms with Crippen LogP contribution >= 0.6 is 0 Å². The van der Waals surface area contributed by atoms with E-state index in [1.165, 1.54) is 24.3 Å². The number of nitrogens with two attached hydrogens (primary N) is 1. The SMILES string of the molecule is N#Cc1ccc(S(=O)(=O)NCC2(N)CCC2)cc1. The number of nitrogens with zero attached hydrogens (tertiary/aromatic N) is 1.